The Morgan fingerprint density at radius 3 is 2.26 bits per heavy atom. The number of amides is 1. The quantitative estimate of drug-likeness (QED) is 0.240. The number of pyridine rings is 1. The van der Waals surface area contributed by atoms with E-state index in [2.05, 4.69) is 10.4 Å². The van der Waals surface area contributed by atoms with E-state index in [4.69, 9.17) is 10.5 Å². The van der Waals surface area contributed by atoms with E-state index in [9.17, 15) is 14.7 Å². The fraction of sp³-hybridized carbons (Fsp3) is 0.387. The molecule has 0 bridgehead atoms. The third-order valence-electron chi connectivity index (χ3n) is 6.73. The van der Waals surface area contributed by atoms with Gasteiger partial charge < -0.3 is 15.6 Å². The van der Waals surface area contributed by atoms with E-state index in [1.807, 2.05) is 93.6 Å². The van der Waals surface area contributed by atoms with Crippen molar-refractivity contribution in [3.05, 3.63) is 90.1 Å². The number of hydrogen-bond acceptors (Lipinski definition) is 7. The first kappa shape index (κ1) is 30.0. The number of carbonyl (C=O) groups is 2. The zero-order valence-corrected chi connectivity index (χ0v) is 23.2. The van der Waals surface area contributed by atoms with Gasteiger partial charge in [0.05, 0.1) is 31.2 Å². The molecule has 0 aliphatic carbocycles. The number of rotatable bonds is 12. The van der Waals surface area contributed by atoms with Gasteiger partial charge in [-0.1, -0.05) is 81.4 Å². The molecule has 208 valence electrons. The van der Waals surface area contributed by atoms with Gasteiger partial charge in [0.25, 0.3) is 0 Å². The van der Waals surface area contributed by atoms with Crippen LogP contribution in [0, 0.1) is 11.3 Å². The molecule has 8 heteroatoms. The smallest absolute Gasteiger partial charge is 0.306 e. The summed E-state index contributed by atoms with van der Waals surface area (Å²) in [5.41, 5.74) is 12.6. The van der Waals surface area contributed by atoms with Crippen LogP contribution in [0.4, 0.5) is 0 Å². The predicted molar refractivity (Wildman–Crippen MR) is 152 cm³/mol. The predicted octanol–water partition coefficient (Wildman–Crippen LogP) is 3.74. The lowest BCUT2D eigenvalue weighted by atomic mass is 9.78. The minimum atomic E-state index is -0.910. The molecule has 3 atom stereocenters. The van der Waals surface area contributed by atoms with Crippen LogP contribution in [0.3, 0.4) is 0 Å². The Morgan fingerprint density at radius 2 is 1.67 bits per heavy atom. The largest absolute Gasteiger partial charge is 0.469 e. The van der Waals surface area contributed by atoms with Crippen molar-refractivity contribution in [1.82, 2.24) is 15.4 Å². The van der Waals surface area contributed by atoms with Crippen LogP contribution in [0.2, 0.25) is 0 Å². The zero-order valence-electron chi connectivity index (χ0n) is 23.2. The average molecular weight is 533 g/mol. The van der Waals surface area contributed by atoms with Gasteiger partial charge in [0, 0.05) is 30.9 Å². The number of methoxy groups -OCH3 is 1. The van der Waals surface area contributed by atoms with Gasteiger partial charge in [0.2, 0.25) is 5.91 Å². The molecule has 3 rings (SSSR count). The third kappa shape index (κ3) is 9.28. The summed E-state index contributed by atoms with van der Waals surface area (Å²) in [6, 6.07) is 22.8. The summed E-state index contributed by atoms with van der Waals surface area (Å²) in [5.74, 6) is -1.40. The van der Waals surface area contributed by atoms with Crippen LogP contribution in [0.25, 0.3) is 11.3 Å². The molecule has 3 aromatic rings. The highest BCUT2D eigenvalue weighted by molar-refractivity contribution is 5.84. The number of esters is 1. The highest BCUT2D eigenvalue weighted by Gasteiger charge is 2.35. The van der Waals surface area contributed by atoms with E-state index >= 15 is 0 Å². The number of nitrogens with two attached hydrogens (primary N) is 1. The Bertz CT molecular complexity index is 1180. The lowest BCUT2D eigenvalue weighted by Gasteiger charge is -2.33. The Kier molecular flexibility index (Phi) is 10.7. The Morgan fingerprint density at radius 1 is 1.00 bits per heavy atom. The molecule has 8 nitrogen and oxygen atoms in total. The molecule has 0 spiro atoms. The van der Waals surface area contributed by atoms with Gasteiger partial charge in [-0.05, 0) is 35.1 Å². The lowest BCUT2D eigenvalue weighted by molar-refractivity contribution is -0.148. The molecule has 1 aromatic heterocycles. The number of hydrazine groups is 1. The molecular weight excluding hydrogens is 492 g/mol. The maximum atomic E-state index is 13.4. The van der Waals surface area contributed by atoms with E-state index in [1.54, 1.807) is 11.2 Å². The van der Waals surface area contributed by atoms with Crippen LogP contribution in [0.15, 0.2) is 79.0 Å². The van der Waals surface area contributed by atoms with E-state index < -0.39 is 29.4 Å². The van der Waals surface area contributed by atoms with Gasteiger partial charge in [0.15, 0.2) is 0 Å². The van der Waals surface area contributed by atoms with Gasteiger partial charge in [-0.3, -0.25) is 20.0 Å². The van der Waals surface area contributed by atoms with Crippen molar-refractivity contribution in [3.63, 3.8) is 0 Å². The second kappa shape index (κ2) is 14.0. The van der Waals surface area contributed by atoms with Crippen LogP contribution in [-0.4, -0.2) is 52.8 Å². The molecule has 1 heterocycles. The first-order chi connectivity index (χ1) is 18.6. The number of nitrogens with one attached hydrogen (secondary N) is 1. The summed E-state index contributed by atoms with van der Waals surface area (Å²) in [5, 5.41) is 12.7. The van der Waals surface area contributed by atoms with Crippen molar-refractivity contribution in [3.8, 4) is 11.3 Å². The topological polar surface area (TPSA) is 118 Å². The van der Waals surface area contributed by atoms with Crippen molar-refractivity contribution < 1.29 is 19.4 Å². The monoisotopic (exact) mass is 532 g/mol. The minimum Gasteiger partial charge on any atom is -0.469 e. The van der Waals surface area contributed by atoms with Gasteiger partial charge in [-0.15, -0.1) is 0 Å². The molecular formula is C31H40N4O4. The summed E-state index contributed by atoms with van der Waals surface area (Å²) < 4.78 is 4.83. The molecule has 2 aromatic carbocycles. The second-order valence-corrected chi connectivity index (χ2v) is 10.9. The fourth-order valence-electron chi connectivity index (χ4n) is 4.34. The van der Waals surface area contributed by atoms with E-state index in [0.29, 0.717) is 13.0 Å². The summed E-state index contributed by atoms with van der Waals surface area (Å²) in [4.78, 5) is 29.9. The number of nitrogens with zero attached hydrogens (tertiary/aromatic N) is 2. The second-order valence-electron chi connectivity index (χ2n) is 10.9. The molecule has 0 radical (unpaired) electrons. The van der Waals surface area contributed by atoms with Crippen LogP contribution in [0.5, 0.6) is 0 Å². The molecule has 0 fully saturated rings. The number of aromatic nitrogens is 1. The standard InChI is InChI=1S/C31H40N4O4/c1-31(2,3)25(19-29(37)39-4)30(38)34-35(21-28(36)26(32)18-22-10-6-5-7-11-22)20-23-13-15-24(16-14-23)27-12-8-9-17-33-27/h5-17,25-26,28,36H,18-21,32H2,1-4H3,(H,34,38)/t25-,26+,28+/m1/s1. The SMILES string of the molecule is COC(=O)C[C@H](C(=O)NN(Cc1ccc(-c2ccccn2)cc1)C[C@H](O)[C@@H](N)Cc1ccccc1)C(C)(C)C. The molecule has 39 heavy (non-hydrogen) atoms. The number of benzene rings is 2. The van der Waals surface area contributed by atoms with Gasteiger partial charge in [-0.25, -0.2) is 5.01 Å². The van der Waals surface area contributed by atoms with Crippen molar-refractivity contribution in [1.29, 1.82) is 0 Å². The fourth-order valence-corrected chi connectivity index (χ4v) is 4.34. The maximum Gasteiger partial charge on any atom is 0.306 e. The van der Waals surface area contributed by atoms with Crippen LogP contribution in [0.1, 0.15) is 38.3 Å². The first-order valence-corrected chi connectivity index (χ1v) is 13.2. The van der Waals surface area contributed by atoms with Gasteiger partial charge >= 0.3 is 5.97 Å². The van der Waals surface area contributed by atoms with Crippen molar-refractivity contribution in [2.24, 2.45) is 17.1 Å². The molecule has 0 aliphatic heterocycles. The Balaban J connectivity index is 1.78. The summed E-state index contributed by atoms with van der Waals surface area (Å²) >= 11 is 0. The molecule has 4 N–H and O–H groups in total. The average Bonchev–Trinajstić information content (AvgIpc) is 2.92. The van der Waals surface area contributed by atoms with Crippen molar-refractivity contribution in [2.45, 2.75) is 52.3 Å². The highest BCUT2D eigenvalue weighted by atomic mass is 16.5. The molecule has 0 saturated heterocycles. The highest BCUT2D eigenvalue weighted by Crippen LogP contribution is 2.29. The van der Waals surface area contributed by atoms with E-state index in [1.165, 1.54) is 7.11 Å². The van der Waals surface area contributed by atoms with E-state index in [-0.39, 0.29) is 18.9 Å². The van der Waals surface area contributed by atoms with E-state index in [0.717, 1.165) is 22.4 Å². The first-order valence-electron chi connectivity index (χ1n) is 13.2. The number of hydrogen-bond donors (Lipinski definition) is 3. The molecule has 1 amide bonds. The Hall–Kier alpha value is -3.59. The maximum absolute atomic E-state index is 13.4. The van der Waals surface area contributed by atoms with Crippen LogP contribution >= 0.6 is 0 Å². The van der Waals surface area contributed by atoms with Crippen LogP contribution < -0.4 is 11.2 Å². The van der Waals surface area contributed by atoms with Crippen molar-refractivity contribution in [2.75, 3.05) is 13.7 Å². The zero-order chi connectivity index (χ0) is 28.4. The summed E-state index contributed by atoms with van der Waals surface area (Å²) in [7, 11) is 1.31. The molecule has 0 unspecified atom stereocenters. The van der Waals surface area contributed by atoms with Gasteiger partial charge in [0.1, 0.15) is 0 Å². The lowest BCUT2D eigenvalue weighted by Crippen LogP contribution is -2.53. The van der Waals surface area contributed by atoms with Gasteiger partial charge in [-0.2, -0.15) is 0 Å². The number of ether oxygens (including phenoxy) is 1. The summed E-state index contributed by atoms with van der Waals surface area (Å²) in [6.07, 6.45) is 1.29. The number of aliphatic hydroxyl groups excluding tert-OH is 1. The van der Waals surface area contributed by atoms with Crippen LogP contribution in [-0.2, 0) is 27.3 Å². The molecule has 0 saturated carbocycles. The minimum absolute atomic E-state index is 0.0471. The molecule has 0 aliphatic rings. The number of carbonyl (C=O) groups excluding carboxylic acids is 2. The summed E-state index contributed by atoms with van der Waals surface area (Å²) in [6.45, 7) is 6.16. The van der Waals surface area contributed by atoms with Crippen molar-refractivity contribution >= 4 is 11.9 Å². The third-order valence-corrected chi connectivity index (χ3v) is 6.73. The Labute approximate surface area is 231 Å². The number of aliphatic hydroxyl groups is 1. The normalized spacial score (nSPS) is 13.9.